The molecule has 0 bridgehead atoms. The van der Waals surface area contributed by atoms with Gasteiger partial charge in [0.05, 0.1) is 13.2 Å². The van der Waals surface area contributed by atoms with Crippen molar-refractivity contribution in [1.29, 1.82) is 0 Å². The summed E-state index contributed by atoms with van der Waals surface area (Å²) < 4.78 is 26.7. The molecule has 0 saturated heterocycles. The number of aliphatic hydroxyl groups excluding tert-OH is 1. The first-order valence-electron chi connectivity index (χ1n) is 22.1. The lowest BCUT2D eigenvalue weighted by atomic mass is 10.0. The van der Waals surface area contributed by atoms with Gasteiger partial charge in [-0.15, -0.1) is 0 Å². The summed E-state index contributed by atoms with van der Waals surface area (Å²) in [7, 11) is -4.74. The van der Waals surface area contributed by atoms with Crippen LogP contribution in [0.3, 0.4) is 0 Å². The number of rotatable bonds is 42. The van der Waals surface area contributed by atoms with E-state index in [4.69, 9.17) is 13.8 Å². The molecule has 0 radical (unpaired) electrons. The van der Waals surface area contributed by atoms with Crippen molar-refractivity contribution in [3.63, 3.8) is 0 Å². The number of carbonyl (C=O) groups is 3. The van der Waals surface area contributed by atoms with Gasteiger partial charge in [-0.2, -0.15) is 0 Å². The molecule has 0 aromatic heterocycles. The Morgan fingerprint density at radius 3 is 1.22 bits per heavy atom. The Kier molecular flexibility index (Phi) is 37.3. The summed E-state index contributed by atoms with van der Waals surface area (Å²) in [5.74, 6) is -2.36. The van der Waals surface area contributed by atoms with Crippen LogP contribution in [0.4, 0.5) is 0 Å². The number of esters is 1. The Morgan fingerprint density at radius 2 is 0.852 bits per heavy atom. The molecule has 0 aliphatic rings. The molecule has 320 valence electrons. The van der Waals surface area contributed by atoms with Gasteiger partial charge in [0.2, 0.25) is 5.91 Å². The highest BCUT2D eigenvalue weighted by Crippen LogP contribution is 2.43. The molecule has 54 heavy (non-hydrogen) atoms. The first kappa shape index (κ1) is 52.5. The highest BCUT2D eigenvalue weighted by atomic mass is 31.2. The third-order valence-electron chi connectivity index (χ3n) is 9.90. The molecule has 1 amide bonds. The van der Waals surface area contributed by atoms with Gasteiger partial charge in [-0.3, -0.25) is 18.6 Å². The lowest BCUT2D eigenvalue weighted by Gasteiger charge is -2.18. The summed E-state index contributed by atoms with van der Waals surface area (Å²) in [6, 6.07) is -1.54. The molecule has 0 aliphatic heterocycles. The summed E-state index contributed by atoms with van der Waals surface area (Å²) in [4.78, 5) is 45.7. The zero-order valence-corrected chi connectivity index (χ0v) is 35.4. The first-order chi connectivity index (χ1) is 26.1. The quantitative estimate of drug-likeness (QED) is 0.0265. The van der Waals surface area contributed by atoms with Gasteiger partial charge in [0.1, 0.15) is 12.7 Å². The van der Waals surface area contributed by atoms with E-state index in [-0.39, 0.29) is 12.8 Å². The van der Waals surface area contributed by atoms with Crippen LogP contribution in [-0.4, -0.2) is 64.9 Å². The Bertz CT molecular complexity index is 937. The van der Waals surface area contributed by atoms with Crippen molar-refractivity contribution in [2.75, 3.05) is 19.8 Å². The number of amides is 1. The van der Waals surface area contributed by atoms with Crippen molar-refractivity contribution in [2.45, 2.75) is 231 Å². The first-order valence-corrected chi connectivity index (χ1v) is 23.6. The van der Waals surface area contributed by atoms with Gasteiger partial charge >= 0.3 is 19.8 Å². The minimum absolute atomic E-state index is 0.153. The average molecular weight is 792 g/mol. The molecular weight excluding hydrogens is 709 g/mol. The van der Waals surface area contributed by atoms with Gasteiger partial charge < -0.3 is 25.2 Å². The summed E-state index contributed by atoms with van der Waals surface area (Å²) >= 11 is 0. The summed E-state index contributed by atoms with van der Waals surface area (Å²) in [6.45, 7) is 2.57. The average Bonchev–Trinajstić information content (AvgIpc) is 3.14. The van der Waals surface area contributed by atoms with E-state index in [1.54, 1.807) is 0 Å². The van der Waals surface area contributed by atoms with E-state index >= 15 is 0 Å². The zero-order chi connectivity index (χ0) is 40.0. The molecule has 0 heterocycles. The molecule has 0 saturated carbocycles. The normalized spacial score (nSPS) is 13.7. The minimum Gasteiger partial charge on any atom is -0.480 e. The van der Waals surface area contributed by atoms with Gasteiger partial charge in [-0.05, 0) is 12.8 Å². The topological polar surface area (TPSA) is 169 Å². The van der Waals surface area contributed by atoms with E-state index in [2.05, 4.69) is 19.2 Å². The van der Waals surface area contributed by atoms with E-state index < -0.39 is 57.6 Å². The fourth-order valence-electron chi connectivity index (χ4n) is 6.43. The van der Waals surface area contributed by atoms with Crippen LogP contribution in [0, 0.1) is 0 Å². The van der Waals surface area contributed by atoms with Crippen LogP contribution in [0.15, 0.2) is 0 Å². The van der Waals surface area contributed by atoms with E-state index in [0.717, 1.165) is 38.5 Å². The van der Waals surface area contributed by atoms with Crippen LogP contribution in [0.5, 0.6) is 0 Å². The van der Waals surface area contributed by atoms with Gasteiger partial charge in [-0.25, -0.2) is 9.36 Å². The van der Waals surface area contributed by atoms with Gasteiger partial charge in [-0.1, -0.05) is 194 Å². The number of carbonyl (C=O) groups excluding carboxylic acids is 2. The molecule has 0 rings (SSSR count). The van der Waals surface area contributed by atoms with Crippen molar-refractivity contribution in [3.05, 3.63) is 0 Å². The molecule has 0 aromatic rings. The van der Waals surface area contributed by atoms with Crippen LogP contribution in [-0.2, 0) is 32.7 Å². The van der Waals surface area contributed by atoms with Crippen LogP contribution in [0.1, 0.15) is 219 Å². The van der Waals surface area contributed by atoms with E-state index in [9.17, 15) is 34.1 Å². The van der Waals surface area contributed by atoms with Gasteiger partial charge in [0.15, 0.2) is 6.04 Å². The maximum atomic E-state index is 12.3. The Balaban J connectivity index is 3.80. The van der Waals surface area contributed by atoms with Crippen molar-refractivity contribution < 1.29 is 47.8 Å². The number of ether oxygens (including phenoxy) is 1. The number of carboxylic acid groups (broad SMARTS) is 1. The molecule has 3 unspecified atom stereocenters. The van der Waals surface area contributed by atoms with Crippen LogP contribution >= 0.6 is 7.82 Å². The number of nitrogens with one attached hydrogen (secondary N) is 1. The molecule has 4 N–H and O–H groups in total. The summed E-state index contributed by atoms with van der Waals surface area (Å²) in [6.07, 6.45) is 35.8. The zero-order valence-electron chi connectivity index (χ0n) is 34.6. The Labute approximate surface area is 329 Å². The molecule has 0 aliphatic carbocycles. The molecule has 12 heteroatoms. The SMILES string of the molecule is CCCCCCCCCCCCCCCCCCCCCCCCC(=O)NC(COP(=O)(O)OCC(O)COC(=O)CCCCCCCCCC)C(=O)O. The summed E-state index contributed by atoms with van der Waals surface area (Å²) in [5, 5.41) is 21.8. The Morgan fingerprint density at radius 1 is 0.519 bits per heavy atom. The summed E-state index contributed by atoms with van der Waals surface area (Å²) in [5.41, 5.74) is 0. The highest BCUT2D eigenvalue weighted by molar-refractivity contribution is 7.47. The number of unbranched alkanes of at least 4 members (excludes halogenated alkanes) is 28. The lowest BCUT2D eigenvalue weighted by molar-refractivity contribution is -0.147. The maximum absolute atomic E-state index is 12.3. The van der Waals surface area contributed by atoms with Crippen molar-refractivity contribution in [2.24, 2.45) is 0 Å². The maximum Gasteiger partial charge on any atom is 0.472 e. The van der Waals surface area contributed by atoms with Crippen LogP contribution in [0.25, 0.3) is 0 Å². The number of phosphoric acid groups is 1. The van der Waals surface area contributed by atoms with Crippen LogP contribution in [0.2, 0.25) is 0 Å². The molecule has 11 nitrogen and oxygen atoms in total. The molecular formula is C42H82NO10P. The predicted octanol–water partition coefficient (Wildman–Crippen LogP) is 11.1. The second-order valence-corrected chi connectivity index (χ2v) is 16.7. The molecule has 3 atom stereocenters. The fourth-order valence-corrected chi connectivity index (χ4v) is 7.21. The fraction of sp³-hybridized carbons (Fsp3) is 0.929. The predicted molar refractivity (Wildman–Crippen MR) is 217 cm³/mol. The van der Waals surface area contributed by atoms with E-state index in [1.807, 2.05) is 0 Å². The second kappa shape index (κ2) is 38.4. The van der Waals surface area contributed by atoms with Gasteiger partial charge in [0.25, 0.3) is 0 Å². The number of carboxylic acids is 1. The molecule has 0 aromatic carbocycles. The highest BCUT2D eigenvalue weighted by Gasteiger charge is 2.28. The minimum atomic E-state index is -4.74. The number of hydrogen-bond donors (Lipinski definition) is 4. The van der Waals surface area contributed by atoms with Crippen molar-refractivity contribution in [3.8, 4) is 0 Å². The third kappa shape index (κ3) is 37.4. The van der Waals surface area contributed by atoms with Crippen molar-refractivity contribution >= 4 is 25.7 Å². The lowest BCUT2D eigenvalue weighted by Crippen LogP contribution is -2.43. The van der Waals surface area contributed by atoms with Crippen molar-refractivity contribution in [1.82, 2.24) is 5.32 Å². The number of phosphoric ester groups is 1. The standard InChI is InChI=1S/C42H82NO10P/c1-3-5-7-9-11-13-14-15-16-17-18-19-20-21-22-23-24-25-26-27-29-31-33-40(45)43-39(42(47)48)37-53-54(49,50)52-36-38(44)35-51-41(46)34-32-30-28-12-10-8-6-4-2/h38-39,44H,3-37H2,1-2H3,(H,43,45)(H,47,48)(H,49,50). The van der Waals surface area contributed by atoms with E-state index in [1.165, 1.54) is 141 Å². The molecule has 0 fully saturated rings. The largest absolute Gasteiger partial charge is 0.480 e. The molecule has 0 spiro atoms. The number of aliphatic hydroxyl groups is 1. The van der Waals surface area contributed by atoms with Crippen LogP contribution < -0.4 is 5.32 Å². The van der Waals surface area contributed by atoms with Gasteiger partial charge in [0, 0.05) is 12.8 Å². The third-order valence-corrected chi connectivity index (χ3v) is 10.8. The number of hydrogen-bond acceptors (Lipinski definition) is 8. The Hall–Kier alpha value is -1.52. The smallest absolute Gasteiger partial charge is 0.472 e. The second-order valence-electron chi connectivity index (χ2n) is 15.3. The van der Waals surface area contributed by atoms with E-state index in [0.29, 0.717) is 12.8 Å². The monoisotopic (exact) mass is 792 g/mol. The number of aliphatic carboxylic acids is 1.